The van der Waals surface area contributed by atoms with E-state index in [2.05, 4.69) is 0 Å². The monoisotopic (exact) mass is 423 g/mol. The fraction of sp³-hybridized carbons (Fsp3) is 0.136. The molecule has 0 saturated heterocycles. The van der Waals surface area contributed by atoms with Crippen LogP contribution in [-0.4, -0.2) is 30.2 Å². The number of rotatable bonds is 6. The number of non-ortho nitro benzene ring substituents is 1. The molecule has 0 bridgehead atoms. The molecule has 158 valence electrons. The minimum atomic E-state index is -1.57. The first-order valence-corrected chi connectivity index (χ1v) is 9.11. The van der Waals surface area contributed by atoms with Crippen molar-refractivity contribution in [2.24, 2.45) is 0 Å². The maximum absolute atomic E-state index is 11.8. The SMILES string of the molecule is COc1ccc(C2(c3ccc(OC)cc3)Oc3cc([N+](=O)[O-])cc(C(=O)O)c3O2)cc1. The third-order valence-corrected chi connectivity index (χ3v) is 4.92. The Hall–Kier alpha value is -4.27. The molecule has 0 atom stereocenters. The third-order valence-electron chi connectivity index (χ3n) is 4.92. The van der Waals surface area contributed by atoms with Crippen LogP contribution < -0.4 is 18.9 Å². The number of hydrogen-bond acceptors (Lipinski definition) is 7. The number of ether oxygens (including phenoxy) is 4. The van der Waals surface area contributed by atoms with Crippen molar-refractivity contribution >= 4 is 11.7 Å². The Bertz CT molecular complexity index is 1110. The van der Waals surface area contributed by atoms with Crippen LogP contribution in [0.3, 0.4) is 0 Å². The molecule has 1 aliphatic heterocycles. The van der Waals surface area contributed by atoms with E-state index >= 15 is 0 Å². The molecule has 9 nitrogen and oxygen atoms in total. The minimum Gasteiger partial charge on any atom is -0.497 e. The first kappa shape index (κ1) is 20.0. The predicted molar refractivity (Wildman–Crippen MR) is 108 cm³/mol. The van der Waals surface area contributed by atoms with Gasteiger partial charge >= 0.3 is 11.8 Å². The molecule has 4 rings (SSSR count). The highest BCUT2D eigenvalue weighted by molar-refractivity contribution is 5.93. The van der Waals surface area contributed by atoms with Crippen LogP contribution in [-0.2, 0) is 5.79 Å². The van der Waals surface area contributed by atoms with Crippen molar-refractivity contribution in [1.82, 2.24) is 0 Å². The molecule has 0 unspecified atom stereocenters. The average Bonchev–Trinajstić information content (AvgIpc) is 3.19. The molecule has 0 radical (unpaired) electrons. The summed E-state index contributed by atoms with van der Waals surface area (Å²) in [4.78, 5) is 22.4. The van der Waals surface area contributed by atoms with Gasteiger partial charge in [0.2, 0.25) is 0 Å². The number of hydrogen-bond donors (Lipinski definition) is 1. The second-order valence-electron chi connectivity index (χ2n) is 6.66. The fourth-order valence-electron chi connectivity index (χ4n) is 3.38. The molecule has 1 heterocycles. The second-order valence-corrected chi connectivity index (χ2v) is 6.66. The molecule has 3 aromatic rings. The van der Waals surface area contributed by atoms with E-state index in [9.17, 15) is 20.0 Å². The maximum Gasteiger partial charge on any atom is 0.339 e. The van der Waals surface area contributed by atoms with Gasteiger partial charge in [-0.25, -0.2) is 4.79 Å². The van der Waals surface area contributed by atoms with Crippen molar-refractivity contribution in [3.8, 4) is 23.0 Å². The number of fused-ring (bicyclic) bond motifs is 1. The van der Waals surface area contributed by atoms with Crippen molar-refractivity contribution in [2.75, 3.05) is 14.2 Å². The number of carboxylic acid groups (broad SMARTS) is 1. The van der Waals surface area contributed by atoms with Gasteiger partial charge in [-0.3, -0.25) is 10.1 Å². The highest BCUT2D eigenvalue weighted by Gasteiger charge is 2.48. The summed E-state index contributed by atoms with van der Waals surface area (Å²) < 4.78 is 22.7. The van der Waals surface area contributed by atoms with Gasteiger partial charge in [0.15, 0.2) is 11.5 Å². The quantitative estimate of drug-likeness (QED) is 0.467. The van der Waals surface area contributed by atoms with Crippen molar-refractivity contribution in [2.45, 2.75) is 5.79 Å². The largest absolute Gasteiger partial charge is 0.497 e. The Balaban J connectivity index is 1.91. The summed E-state index contributed by atoms with van der Waals surface area (Å²) in [7, 11) is 3.07. The molecular weight excluding hydrogens is 406 g/mol. The van der Waals surface area contributed by atoms with E-state index in [1.165, 1.54) is 14.2 Å². The van der Waals surface area contributed by atoms with E-state index in [-0.39, 0.29) is 17.1 Å². The van der Waals surface area contributed by atoms with Crippen LogP contribution in [0.5, 0.6) is 23.0 Å². The molecule has 31 heavy (non-hydrogen) atoms. The number of benzene rings is 3. The van der Waals surface area contributed by atoms with Crippen LogP contribution in [0.4, 0.5) is 5.69 Å². The Labute approximate surface area is 176 Å². The van der Waals surface area contributed by atoms with Gasteiger partial charge in [-0.2, -0.15) is 0 Å². The number of nitro groups is 1. The van der Waals surface area contributed by atoms with E-state index in [0.29, 0.717) is 22.6 Å². The van der Waals surface area contributed by atoms with Crippen molar-refractivity contribution in [3.63, 3.8) is 0 Å². The van der Waals surface area contributed by atoms with Crippen molar-refractivity contribution < 1.29 is 33.8 Å². The lowest BCUT2D eigenvalue weighted by atomic mass is 9.97. The molecule has 3 aromatic carbocycles. The normalized spacial score (nSPS) is 13.5. The summed E-state index contributed by atoms with van der Waals surface area (Å²) in [5, 5.41) is 20.9. The van der Waals surface area contributed by atoms with Gasteiger partial charge < -0.3 is 24.1 Å². The molecule has 1 N–H and O–H groups in total. The van der Waals surface area contributed by atoms with E-state index in [0.717, 1.165) is 12.1 Å². The summed E-state index contributed by atoms with van der Waals surface area (Å²) in [6.07, 6.45) is 0. The van der Waals surface area contributed by atoms with Gasteiger partial charge in [-0.1, -0.05) is 0 Å². The number of nitro benzene ring substituents is 1. The van der Waals surface area contributed by atoms with Gasteiger partial charge in [0, 0.05) is 17.2 Å². The molecule has 0 aromatic heterocycles. The fourth-order valence-corrected chi connectivity index (χ4v) is 3.38. The van der Waals surface area contributed by atoms with E-state index in [4.69, 9.17) is 18.9 Å². The summed E-state index contributed by atoms with van der Waals surface area (Å²) in [6, 6.07) is 15.8. The topological polar surface area (TPSA) is 117 Å². The molecular formula is C22H17NO8. The second kappa shape index (κ2) is 7.52. The first-order chi connectivity index (χ1) is 14.9. The predicted octanol–water partition coefficient (Wildman–Crippen LogP) is 3.98. The van der Waals surface area contributed by atoms with Gasteiger partial charge in [-0.15, -0.1) is 0 Å². The lowest BCUT2D eigenvalue weighted by molar-refractivity contribution is -0.385. The van der Waals surface area contributed by atoms with E-state index in [1.54, 1.807) is 48.5 Å². The van der Waals surface area contributed by atoms with Gasteiger partial charge in [0.1, 0.15) is 17.1 Å². The Morgan fingerprint density at radius 2 is 1.45 bits per heavy atom. The number of nitrogens with zero attached hydrogens (tertiary/aromatic N) is 1. The average molecular weight is 423 g/mol. The van der Waals surface area contributed by atoms with Crippen LogP contribution >= 0.6 is 0 Å². The summed E-state index contributed by atoms with van der Waals surface area (Å²) in [5.74, 6) is -1.87. The number of methoxy groups -OCH3 is 2. The van der Waals surface area contributed by atoms with Gasteiger partial charge in [0.25, 0.3) is 5.69 Å². The van der Waals surface area contributed by atoms with Crippen LogP contribution in [0.15, 0.2) is 60.7 Å². The zero-order valence-corrected chi connectivity index (χ0v) is 16.5. The van der Waals surface area contributed by atoms with Crippen LogP contribution in [0.25, 0.3) is 0 Å². The third kappa shape index (κ3) is 3.35. The van der Waals surface area contributed by atoms with Gasteiger partial charge in [-0.05, 0) is 48.5 Å². The zero-order chi connectivity index (χ0) is 22.2. The molecule has 0 spiro atoms. The van der Waals surface area contributed by atoms with Crippen LogP contribution in [0, 0.1) is 10.1 Å². The van der Waals surface area contributed by atoms with Gasteiger partial charge in [0.05, 0.1) is 25.2 Å². The number of carbonyl (C=O) groups is 1. The highest BCUT2D eigenvalue weighted by Crippen LogP contribution is 2.51. The number of aromatic carboxylic acids is 1. The highest BCUT2D eigenvalue weighted by atomic mass is 16.7. The Morgan fingerprint density at radius 3 is 1.87 bits per heavy atom. The molecule has 0 amide bonds. The molecule has 1 aliphatic rings. The molecule has 0 fully saturated rings. The zero-order valence-electron chi connectivity index (χ0n) is 16.5. The standard InChI is InChI=1S/C22H17NO8/c1-28-16-7-3-13(4-8-16)22(14-5-9-17(29-2)10-6-14)30-19-12-15(23(26)27)11-18(21(24)25)20(19)31-22/h3-12H,1-2H3,(H,24,25). The summed E-state index contributed by atoms with van der Waals surface area (Å²) >= 11 is 0. The molecule has 0 aliphatic carbocycles. The summed E-state index contributed by atoms with van der Waals surface area (Å²) in [6.45, 7) is 0. The Kier molecular flexibility index (Phi) is 4.86. The molecule has 9 heteroatoms. The Morgan fingerprint density at radius 1 is 0.935 bits per heavy atom. The van der Waals surface area contributed by atoms with Crippen LogP contribution in [0.1, 0.15) is 21.5 Å². The first-order valence-electron chi connectivity index (χ1n) is 9.11. The van der Waals surface area contributed by atoms with Crippen LogP contribution in [0.2, 0.25) is 0 Å². The van der Waals surface area contributed by atoms with Crippen molar-refractivity contribution in [3.05, 3.63) is 87.5 Å². The number of carboxylic acids is 1. The molecule has 0 saturated carbocycles. The lowest BCUT2D eigenvalue weighted by Gasteiger charge is -2.29. The minimum absolute atomic E-state index is 0.0433. The van der Waals surface area contributed by atoms with E-state index in [1.807, 2.05) is 0 Å². The lowest BCUT2D eigenvalue weighted by Crippen LogP contribution is -2.37. The maximum atomic E-state index is 11.8. The smallest absolute Gasteiger partial charge is 0.339 e. The van der Waals surface area contributed by atoms with E-state index < -0.39 is 22.4 Å². The van der Waals surface area contributed by atoms with Crippen molar-refractivity contribution in [1.29, 1.82) is 0 Å². The summed E-state index contributed by atoms with van der Waals surface area (Å²) in [5.41, 5.74) is 0.287.